The van der Waals surface area contributed by atoms with E-state index < -0.39 is 0 Å². The molecule has 4 heterocycles. The predicted octanol–water partition coefficient (Wildman–Crippen LogP) is 1.68. The van der Waals surface area contributed by atoms with Gasteiger partial charge in [-0.05, 0) is 36.1 Å². The van der Waals surface area contributed by atoms with Gasteiger partial charge < -0.3 is 4.90 Å². The average Bonchev–Trinajstić information content (AvgIpc) is 3.14. The number of pyridine rings is 2. The molecule has 2 saturated heterocycles. The lowest BCUT2D eigenvalue weighted by atomic mass is 10.0. The number of carbonyl (C=O) groups excluding carboxylic acids is 1. The number of fused-ring (bicyclic) bond motifs is 1. The molecular weight excluding hydrogens is 288 g/mol. The summed E-state index contributed by atoms with van der Waals surface area (Å²) in [7, 11) is 0. The largest absolute Gasteiger partial charge is 0.337 e. The molecule has 2 aliphatic heterocycles. The van der Waals surface area contributed by atoms with Crippen LogP contribution in [-0.4, -0.2) is 51.9 Å². The highest BCUT2D eigenvalue weighted by Gasteiger charge is 2.41. The fourth-order valence-corrected chi connectivity index (χ4v) is 3.76. The van der Waals surface area contributed by atoms with Crippen molar-refractivity contribution in [3.63, 3.8) is 0 Å². The lowest BCUT2D eigenvalue weighted by Crippen LogP contribution is -2.33. The van der Waals surface area contributed by atoms with Crippen LogP contribution in [0.3, 0.4) is 0 Å². The summed E-state index contributed by atoms with van der Waals surface area (Å²) in [5.74, 6) is 1.22. The third-order valence-corrected chi connectivity index (χ3v) is 4.84. The van der Waals surface area contributed by atoms with Crippen LogP contribution >= 0.6 is 0 Å². The first-order valence-corrected chi connectivity index (χ1v) is 8.12. The number of rotatable bonds is 3. The smallest absolute Gasteiger partial charge is 0.272 e. The molecule has 0 unspecified atom stereocenters. The van der Waals surface area contributed by atoms with Crippen molar-refractivity contribution in [2.24, 2.45) is 11.8 Å². The summed E-state index contributed by atoms with van der Waals surface area (Å²) in [5.41, 5.74) is 1.67. The van der Waals surface area contributed by atoms with Gasteiger partial charge in [-0.3, -0.25) is 19.7 Å². The fourth-order valence-electron chi connectivity index (χ4n) is 3.76. The fraction of sp³-hybridized carbons (Fsp3) is 0.389. The molecule has 2 aromatic rings. The number of hydrogen-bond acceptors (Lipinski definition) is 4. The summed E-state index contributed by atoms with van der Waals surface area (Å²) in [6.45, 7) is 4.69. The number of aromatic nitrogens is 2. The quantitative estimate of drug-likeness (QED) is 0.865. The third kappa shape index (κ3) is 2.97. The molecule has 2 fully saturated rings. The maximum absolute atomic E-state index is 12.5. The number of likely N-dealkylation sites (tertiary alicyclic amines) is 2. The predicted molar refractivity (Wildman–Crippen MR) is 86.6 cm³/mol. The van der Waals surface area contributed by atoms with Crippen LogP contribution in [0.15, 0.2) is 48.8 Å². The zero-order valence-corrected chi connectivity index (χ0v) is 13.0. The summed E-state index contributed by atoms with van der Waals surface area (Å²) < 4.78 is 0. The number of carbonyl (C=O) groups is 1. The van der Waals surface area contributed by atoms with E-state index in [-0.39, 0.29) is 5.91 Å². The van der Waals surface area contributed by atoms with Crippen molar-refractivity contribution >= 4 is 5.91 Å². The van der Waals surface area contributed by atoms with Crippen molar-refractivity contribution in [3.8, 4) is 0 Å². The van der Waals surface area contributed by atoms with Crippen LogP contribution < -0.4 is 0 Å². The van der Waals surface area contributed by atoms with Gasteiger partial charge in [0, 0.05) is 45.1 Å². The Bertz CT molecular complexity index is 662. The zero-order chi connectivity index (χ0) is 15.6. The molecule has 4 rings (SSSR count). The second-order valence-electron chi connectivity index (χ2n) is 6.46. The Morgan fingerprint density at radius 2 is 1.65 bits per heavy atom. The van der Waals surface area contributed by atoms with E-state index in [2.05, 4.69) is 20.9 Å². The van der Waals surface area contributed by atoms with E-state index in [1.165, 1.54) is 0 Å². The summed E-state index contributed by atoms with van der Waals surface area (Å²) in [6.07, 6.45) is 3.53. The first kappa shape index (κ1) is 14.3. The standard InChI is InChI=1S/C18H20N4O/c23-18(17-6-2-4-8-20-17)22-11-14-9-21(10-15(14)12-22)13-16-5-1-3-7-19-16/h1-8,14-15H,9-13H2/t14-,15-/m0/s1. The molecule has 1 amide bonds. The molecule has 0 bridgehead atoms. The van der Waals surface area contributed by atoms with Crippen molar-refractivity contribution in [1.82, 2.24) is 19.8 Å². The van der Waals surface area contributed by atoms with E-state index in [1.807, 2.05) is 35.4 Å². The van der Waals surface area contributed by atoms with Gasteiger partial charge in [-0.25, -0.2) is 0 Å². The van der Waals surface area contributed by atoms with Gasteiger partial charge in [-0.1, -0.05) is 12.1 Å². The van der Waals surface area contributed by atoms with Crippen LogP contribution in [0, 0.1) is 11.8 Å². The molecule has 2 aromatic heterocycles. The molecule has 5 heteroatoms. The Morgan fingerprint density at radius 3 is 2.26 bits per heavy atom. The Morgan fingerprint density at radius 1 is 0.957 bits per heavy atom. The first-order valence-electron chi connectivity index (χ1n) is 8.12. The van der Waals surface area contributed by atoms with E-state index in [1.54, 1.807) is 12.3 Å². The van der Waals surface area contributed by atoms with Gasteiger partial charge in [-0.15, -0.1) is 0 Å². The van der Waals surface area contributed by atoms with Crippen LogP contribution in [-0.2, 0) is 6.54 Å². The maximum Gasteiger partial charge on any atom is 0.272 e. The SMILES string of the molecule is O=C(c1ccccn1)N1C[C@@H]2CN(Cc3ccccn3)C[C@H]2C1. The van der Waals surface area contributed by atoms with Gasteiger partial charge in [0.25, 0.3) is 5.91 Å². The molecule has 2 aliphatic rings. The Labute approximate surface area is 136 Å². The minimum atomic E-state index is 0.0660. The molecular formula is C18H20N4O. The van der Waals surface area contributed by atoms with Crippen LogP contribution in [0.4, 0.5) is 0 Å². The lowest BCUT2D eigenvalue weighted by molar-refractivity contribution is 0.0767. The highest BCUT2D eigenvalue weighted by atomic mass is 16.2. The molecule has 23 heavy (non-hydrogen) atoms. The monoisotopic (exact) mass is 308 g/mol. The minimum absolute atomic E-state index is 0.0660. The molecule has 0 N–H and O–H groups in total. The molecule has 118 valence electrons. The second kappa shape index (κ2) is 6.08. The van der Waals surface area contributed by atoms with E-state index in [9.17, 15) is 4.79 Å². The molecule has 0 radical (unpaired) electrons. The molecule has 0 saturated carbocycles. The summed E-state index contributed by atoms with van der Waals surface area (Å²) in [6, 6.07) is 11.6. The van der Waals surface area contributed by atoms with Crippen LogP contribution in [0.25, 0.3) is 0 Å². The van der Waals surface area contributed by atoms with Crippen LogP contribution in [0.2, 0.25) is 0 Å². The maximum atomic E-state index is 12.5. The third-order valence-electron chi connectivity index (χ3n) is 4.84. The van der Waals surface area contributed by atoms with E-state index in [0.29, 0.717) is 17.5 Å². The van der Waals surface area contributed by atoms with Gasteiger partial charge in [0.1, 0.15) is 5.69 Å². The van der Waals surface area contributed by atoms with Crippen molar-refractivity contribution < 1.29 is 4.79 Å². The number of amides is 1. The molecule has 5 nitrogen and oxygen atoms in total. The minimum Gasteiger partial charge on any atom is -0.337 e. The van der Waals surface area contributed by atoms with Gasteiger partial charge in [-0.2, -0.15) is 0 Å². The van der Waals surface area contributed by atoms with E-state index in [4.69, 9.17) is 0 Å². The van der Waals surface area contributed by atoms with Crippen molar-refractivity contribution in [1.29, 1.82) is 0 Å². The van der Waals surface area contributed by atoms with Gasteiger partial charge >= 0.3 is 0 Å². The Hall–Kier alpha value is -2.27. The van der Waals surface area contributed by atoms with Crippen LogP contribution in [0.5, 0.6) is 0 Å². The van der Waals surface area contributed by atoms with Crippen molar-refractivity contribution in [2.45, 2.75) is 6.54 Å². The highest BCUT2D eigenvalue weighted by molar-refractivity contribution is 5.92. The number of nitrogens with zero attached hydrogens (tertiary/aromatic N) is 4. The highest BCUT2D eigenvalue weighted by Crippen LogP contribution is 2.32. The molecule has 0 aliphatic carbocycles. The van der Waals surface area contributed by atoms with E-state index in [0.717, 1.165) is 38.4 Å². The molecule has 0 spiro atoms. The average molecular weight is 308 g/mol. The second-order valence-corrected chi connectivity index (χ2v) is 6.46. The van der Waals surface area contributed by atoms with E-state index >= 15 is 0 Å². The summed E-state index contributed by atoms with van der Waals surface area (Å²) >= 11 is 0. The molecule has 0 aromatic carbocycles. The van der Waals surface area contributed by atoms with Gasteiger partial charge in [0.05, 0.1) is 5.69 Å². The van der Waals surface area contributed by atoms with Crippen LogP contribution in [0.1, 0.15) is 16.2 Å². The lowest BCUT2D eigenvalue weighted by Gasteiger charge is -2.21. The van der Waals surface area contributed by atoms with Gasteiger partial charge in [0.2, 0.25) is 0 Å². The zero-order valence-electron chi connectivity index (χ0n) is 13.0. The van der Waals surface area contributed by atoms with Crippen molar-refractivity contribution in [3.05, 3.63) is 60.2 Å². The molecule has 2 atom stereocenters. The normalized spacial score (nSPS) is 23.9. The number of hydrogen-bond donors (Lipinski definition) is 0. The topological polar surface area (TPSA) is 49.3 Å². The van der Waals surface area contributed by atoms with Gasteiger partial charge in [0.15, 0.2) is 0 Å². The Kier molecular flexibility index (Phi) is 3.79. The van der Waals surface area contributed by atoms with Crippen molar-refractivity contribution in [2.75, 3.05) is 26.2 Å². The summed E-state index contributed by atoms with van der Waals surface area (Å²) in [5, 5.41) is 0. The Balaban J connectivity index is 1.36. The summed E-state index contributed by atoms with van der Waals surface area (Å²) in [4.78, 5) is 25.5. The first-order chi connectivity index (χ1) is 11.3.